The number of aliphatic carboxylic acids is 1. The molecule has 5 N–H and O–H groups in total. The second-order valence-electron chi connectivity index (χ2n) is 4.45. The van der Waals surface area contributed by atoms with Gasteiger partial charge in [0.1, 0.15) is 6.04 Å². The minimum atomic E-state index is -0.999. The predicted octanol–water partition coefficient (Wildman–Crippen LogP) is 0.624. The third kappa shape index (κ3) is 2.92. The molecule has 1 aromatic heterocycles. The van der Waals surface area contributed by atoms with Crippen LogP contribution in [0.1, 0.15) is 5.56 Å². The number of aromatic nitrogens is 2. The number of aryl methyl sites for hydroxylation is 1. The van der Waals surface area contributed by atoms with Crippen LogP contribution in [0.5, 0.6) is 0 Å². The highest BCUT2D eigenvalue weighted by atomic mass is 16.4. The van der Waals surface area contributed by atoms with Crippen molar-refractivity contribution in [1.82, 2.24) is 9.78 Å². The van der Waals surface area contributed by atoms with Crippen LogP contribution in [-0.4, -0.2) is 26.9 Å². The lowest BCUT2D eigenvalue weighted by Crippen LogP contribution is -2.32. The lowest BCUT2D eigenvalue weighted by molar-refractivity contribution is -0.138. The first-order valence-corrected chi connectivity index (χ1v) is 5.84. The van der Waals surface area contributed by atoms with E-state index in [-0.39, 0.29) is 0 Å². The van der Waals surface area contributed by atoms with Gasteiger partial charge in [0.15, 0.2) is 5.82 Å². The van der Waals surface area contributed by atoms with E-state index in [1.54, 1.807) is 11.7 Å². The summed E-state index contributed by atoms with van der Waals surface area (Å²) in [5, 5.41) is 12.8. The van der Waals surface area contributed by atoms with E-state index < -0.39 is 12.0 Å². The summed E-state index contributed by atoms with van der Waals surface area (Å²) >= 11 is 0. The topological polar surface area (TPSA) is 107 Å². The molecule has 2 rings (SSSR count). The zero-order chi connectivity index (χ0) is 14.0. The third-order valence-corrected chi connectivity index (χ3v) is 2.90. The molecule has 0 fully saturated rings. The van der Waals surface area contributed by atoms with Crippen LogP contribution in [0.25, 0.3) is 11.1 Å². The maximum Gasteiger partial charge on any atom is 0.320 e. The number of hydrogen-bond donors (Lipinski definition) is 3. The molecule has 0 bridgehead atoms. The molecule has 6 nitrogen and oxygen atoms in total. The number of carbonyl (C=O) groups is 1. The molecule has 0 saturated heterocycles. The van der Waals surface area contributed by atoms with E-state index >= 15 is 0 Å². The molecular formula is C13H16N4O2. The van der Waals surface area contributed by atoms with Gasteiger partial charge in [0, 0.05) is 18.8 Å². The summed E-state index contributed by atoms with van der Waals surface area (Å²) in [6, 6.07) is 6.60. The Hall–Kier alpha value is -2.34. The number of nitrogens with zero attached hydrogens (tertiary/aromatic N) is 2. The minimum absolute atomic E-state index is 0.304. The maximum atomic E-state index is 10.7. The first-order chi connectivity index (χ1) is 8.97. The second kappa shape index (κ2) is 5.11. The van der Waals surface area contributed by atoms with Crippen molar-refractivity contribution in [3.63, 3.8) is 0 Å². The van der Waals surface area contributed by atoms with Gasteiger partial charge in [0.05, 0.1) is 0 Å². The standard InChI is InChI=1S/C13H16N4O2/c1-17-7-10(12(15)16-17)9-4-2-8(3-5-9)6-11(14)13(18)19/h2-5,7,11H,6,14H2,1H3,(H2,15,16)(H,18,19)/t11-/m0/s1. The van der Waals surface area contributed by atoms with Crippen molar-refractivity contribution in [2.75, 3.05) is 5.73 Å². The van der Waals surface area contributed by atoms with Crippen molar-refractivity contribution < 1.29 is 9.90 Å². The number of benzene rings is 1. The van der Waals surface area contributed by atoms with E-state index in [9.17, 15) is 4.79 Å². The lowest BCUT2D eigenvalue weighted by Gasteiger charge is -2.07. The van der Waals surface area contributed by atoms with Crippen LogP contribution < -0.4 is 11.5 Å². The zero-order valence-electron chi connectivity index (χ0n) is 10.6. The number of carboxylic acids is 1. The van der Waals surface area contributed by atoms with Gasteiger partial charge in [-0.1, -0.05) is 24.3 Å². The fourth-order valence-electron chi connectivity index (χ4n) is 1.89. The fourth-order valence-corrected chi connectivity index (χ4v) is 1.89. The molecule has 1 heterocycles. The Morgan fingerprint density at radius 1 is 1.42 bits per heavy atom. The third-order valence-electron chi connectivity index (χ3n) is 2.90. The zero-order valence-corrected chi connectivity index (χ0v) is 10.6. The van der Waals surface area contributed by atoms with Crippen LogP contribution in [0.3, 0.4) is 0 Å². The van der Waals surface area contributed by atoms with Crippen LogP contribution in [0.2, 0.25) is 0 Å². The van der Waals surface area contributed by atoms with Crippen molar-refractivity contribution in [2.45, 2.75) is 12.5 Å². The predicted molar refractivity (Wildman–Crippen MR) is 72.4 cm³/mol. The molecular weight excluding hydrogens is 244 g/mol. The number of nitrogens with two attached hydrogens (primary N) is 2. The smallest absolute Gasteiger partial charge is 0.320 e. The largest absolute Gasteiger partial charge is 0.480 e. The summed E-state index contributed by atoms with van der Waals surface area (Å²) in [6.07, 6.45) is 2.14. The summed E-state index contributed by atoms with van der Waals surface area (Å²) in [6.45, 7) is 0. The average Bonchev–Trinajstić information content (AvgIpc) is 2.69. The highest BCUT2D eigenvalue weighted by molar-refractivity contribution is 5.74. The Morgan fingerprint density at radius 3 is 2.53 bits per heavy atom. The Labute approximate surface area is 110 Å². The van der Waals surface area contributed by atoms with E-state index in [4.69, 9.17) is 16.6 Å². The summed E-state index contributed by atoms with van der Waals surface area (Å²) in [5.41, 5.74) is 14.0. The summed E-state index contributed by atoms with van der Waals surface area (Å²) in [7, 11) is 1.81. The Bertz CT molecular complexity index is 589. The van der Waals surface area contributed by atoms with Crippen LogP contribution in [-0.2, 0) is 18.3 Å². The van der Waals surface area contributed by atoms with Crippen LogP contribution in [0.15, 0.2) is 30.5 Å². The van der Waals surface area contributed by atoms with E-state index in [0.717, 1.165) is 16.7 Å². The molecule has 0 amide bonds. The van der Waals surface area contributed by atoms with E-state index in [0.29, 0.717) is 12.2 Å². The molecule has 0 spiro atoms. The van der Waals surface area contributed by atoms with E-state index in [1.165, 1.54) is 0 Å². The first-order valence-electron chi connectivity index (χ1n) is 5.84. The molecule has 0 aliphatic rings. The Balaban J connectivity index is 2.19. The molecule has 0 aliphatic heterocycles. The SMILES string of the molecule is Cn1cc(-c2ccc(C[C@H](N)C(=O)O)cc2)c(N)n1. The highest BCUT2D eigenvalue weighted by Crippen LogP contribution is 2.24. The van der Waals surface area contributed by atoms with Crippen molar-refractivity contribution >= 4 is 11.8 Å². The van der Waals surface area contributed by atoms with Gasteiger partial charge in [0.2, 0.25) is 0 Å². The van der Waals surface area contributed by atoms with Gasteiger partial charge in [-0.25, -0.2) is 0 Å². The van der Waals surface area contributed by atoms with Crippen LogP contribution in [0.4, 0.5) is 5.82 Å². The molecule has 0 unspecified atom stereocenters. The summed E-state index contributed by atoms with van der Waals surface area (Å²) < 4.78 is 1.65. The normalized spacial score (nSPS) is 12.3. The highest BCUT2D eigenvalue weighted by Gasteiger charge is 2.12. The van der Waals surface area contributed by atoms with Gasteiger partial charge in [-0.3, -0.25) is 9.48 Å². The van der Waals surface area contributed by atoms with Gasteiger partial charge in [-0.05, 0) is 17.5 Å². The number of nitrogen functional groups attached to an aromatic ring is 1. The van der Waals surface area contributed by atoms with Crippen molar-refractivity contribution in [3.8, 4) is 11.1 Å². The van der Waals surface area contributed by atoms with Gasteiger partial charge in [0.25, 0.3) is 0 Å². The monoisotopic (exact) mass is 260 g/mol. The second-order valence-corrected chi connectivity index (χ2v) is 4.45. The minimum Gasteiger partial charge on any atom is -0.480 e. The van der Waals surface area contributed by atoms with Crippen molar-refractivity contribution in [3.05, 3.63) is 36.0 Å². The molecule has 0 radical (unpaired) electrons. The molecule has 1 atom stereocenters. The fraction of sp³-hybridized carbons (Fsp3) is 0.231. The van der Waals surface area contributed by atoms with E-state index in [1.807, 2.05) is 30.5 Å². The number of carboxylic acid groups (broad SMARTS) is 1. The molecule has 0 saturated carbocycles. The summed E-state index contributed by atoms with van der Waals surface area (Å²) in [4.78, 5) is 10.7. The molecule has 100 valence electrons. The van der Waals surface area contributed by atoms with Gasteiger partial charge < -0.3 is 16.6 Å². The molecule has 2 aromatic rings. The number of hydrogen-bond acceptors (Lipinski definition) is 4. The lowest BCUT2D eigenvalue weighted by atomic mass is 10.0. The van der Waals surface area contributed by atoms with Crippen molar-refractivity contribution in [2.24, 2.45) is 12.8 Å². The van der Waals surface area contributed by atoms with Gasteiger partial charge in [-0.15, -0.1) is 0 Å². The summed E-state index contributed by atoms with van der Waals surface area (Å²) in [5.74, 6) is -0.530. The molecule has 6 heteroatoms. The van der Waals surface area contributed by atoms with Crippen LogP contribution in [0, 0.1) is 0 Å². The van der Waals surface area contributed by atoms with Crippen LogP contribution >= 0.6 is 0 Å². The Kier molecular flexibility index (Phi) is 3.52. The first kappa shape index (κ1) is 13.1. The quantitative estimate of drug-likeness (QED) is 0.747. The number of anilines is 1. The Morgan fingerprint density at radius 2 is 2.05 bits per heavy atom. The maximum absolute atomic E-state index is 10.7. The average molecular weight is 260 g/mol. The van der Waals surface area contributed by atoms with E-state index in [2.05, 4.69) is 5.10 Å². The van der Waals surface area contributed by atoms with Gasteiger partial charge in [-0.2, -0.15) is 5.10 Å². The number of rotatable bonds is 4. The van der Waals surface area contributed by atoms with Crippen molar-refractivity contribution in [1.29, 1.82) is 0 Å². The van der Waals surface area contributed by atoms with Gasteiger partial charge >= 0.3 is 5.97 Å². The molecule has 19 heavy (non-hydrogen) atoms. The molecule has 0 aliphatic carbocycles. The molecule has 1 aromatic carbocycles.